The van der Waals surface area contributed by atoms with Crippen molar-refractivity contribution < 1.29 is 20.1 Å². The molecule has 0 aromatic heterocycles. The fourth-order valence-corrected chi connectivity index (χ4v) is 0.991. The van der Waals surface area contributed by atoms with Crippen LogP contribution in [-0.2, 0) is 6.61 Å². The van der Waals surface area contributed by atoms with E-state index in [1.54, 1.807) is 0 Å². The van der Waals surface area contributed by atoms with Gasteiger partial charge in [0.25, 0.3) is 0 Å². The molecule has 0 aliphatic carbocycles. The molecule has 0 atom stereocenters. The third-order valence-corrected chi connectivity index (χ3v) is 1.71. The Labute approximate surface area is 74.0 Å². The van der Waals surface area contributed by atoms with Gasteiger partial charge < -0.3 is 21.1 Å². The number of aromatic hydroxyl groups is 1. The third-order valence-electron chi connectivity index (χ3n) is 1.71. The molecule has 0 amide bonds. The maximum absolute atomic E-state index is 10.5. The number of anilines is 1. The average Bonchev–Trinajstić information content (AvgIpc) is 2.04. The number of phenols is 1. The Kier molecular flexibility index (Phi) is 2.39. The van der Waals surface area contributed by atoms with Gasteiger partial charge in [0, 0.05) is 11.3 Å². The van der Waals surface area contributed by atoms with Crippen molar-refractivity contribution in [3.05, 3.63) is 23.3 Å². The molecule has 0 unspecified atom stereocenters. The third kappa shape index (κ3) is 1.54. The second kappa shape index (κ2) is 3.32. The van der Waals surface area contributed by atoms with Crippen LogP contribution < -0.4 is 5.73 Å². The van der Waals surface area contributed by atoms with E-state index in [0.717, 1.165) is 0 Å². The first-order valence-electron chi connectivity index (χ1n) is 3.52. The minimum atomic E-state index is -1.26. The molecule has 5 nitrogen and oxygen atoms in total. The normalized spacial score (nSPS) is 9.92. The van der Waals surface area contributed by atoms with Crippen LogP contribution in [0, 0.1) is 0 Å². The monoisotopic (exact) mass is 183 g/mol. The van der Waals surface area contributed by atoms with Gasteiger partial charge in [-0.1, -0.05) is 0 Å². The molecule has 1 aromatic carbocycles. The highest BCUT2D eigenvalue weighted by Gasteiger charge is 2.14. The molecular weight excluding hydrogens is 174 g/mol. The van der Waals surface area contributed by atoms with E-state index in [2.05, 4.69) is 0 Å². The lowest BCUT2D eigenvalue weighted by molar-refractivity contribution is 0.0693. The Morgan fingerprint density at radius 3 is 2.54 bits per heavy atom. The number of nitrogen functional groups attached to an aromatic ring is 1. The molecule has 0 bridgehead atoms. The lowest BCUT2D eigenvalue weighted by Crippen LogP contribution is -2.02. The van der Waals surface area contributed by atoms with Gasteiger partial charge in [-0.15, -0.1) is 0 Å². The highest BCUT2D eigenvalue weighted by Crippen LogP contribution is 2.27. The van der Waals surface area contributed by atoms with E-state index in [1.807, 2.05) is 0 Å². The zero-order chi connectivity index (χ0) is 10.0. The Hall–Kier alpha value is -1.75. The van der Waals surface area contributed by atoms with Gasteiger partial charge in [-0.3, -0.25) is 0 Å². The Morgan fingerprint density at radius 1 is 1.46 bits per heavy atom. The number of aromatic carboxylic acids is 1. The van der Waals surface area contributed by atoms with E-state index in [9.17, 15) is 9.90 Å². The number of carboxylic acid groups (broad SMARTS) is 1. The molecule has 0 spiro atoms. The highest BCUT2D eigenvalue weighted by atomic mass is 16.4. The summed E-state index contributed by atoms with van der Waals surface area (Å²) < 4.78 is 0. The summed E-state index contributed by atoms with van der Waals surface area (Å²) in [5, 5.41) is 26.7. The zero-order valence-corrected chi connectivity index (χ0v) is 6.69. The first-order valence-corrected chi connectivity index (χ1v) is 3.52. The number of hydrogen-bond acceptors (Lipinski definition) is 4. The van der Waals surface area contributed by atoms with Crippen LogP contribution in [0.4, 0.5) is 5.69 Å². The SMILES string of the molecule is Nc1ccc(C(=O)O)c(O)c1CO. The van der Waals surface area contributed by atoms with Gasteiger partial charge in [-0.05, 0) is 12.1 Å². The van der Waals surface area contributed by atoms with Gasteiger partial charge in [0.1, 0.15) is 11.3 Å². The van der Waals surface area contributed by atoms with Crippen molar-refractivity contribution in [2.45, 2.75) is 6.61 Å². The molecule has 1 aromatic rings. The molecule has 0 heterocycles. The number of hydrogen-bond donors (Lipinski definition) is 4. The molecule has 0 aliphatic rings. The van der Waals surface area contributed by atoms with Gasteiger partial charge >= 0.3 is 5.97 Å². The molecule has 0 saturated carbocycles. The number of rotatable bonds is 2. The zero-order valence-electron chi connectivity index (χ0n) is 6.69. The van der Waals surface area contributed by atoms with Crippen molar-refractivity contribution in [2.24, 2.45) is 0 Å². The van der Waals surface area contributed by atoms with Gasteiger partial charge in [0.2, 0.25) is 0 Å². The predicted octanol–water partition coefficient (Wildman–Crippen LogP) is 0.165. The van der Waals surface area contributed by atoms with Crippen LogP contribution in [0.3, 0.4) is 0 Å². The van der Waals surface area contributed by atoms with Crippen molar-refractivity contribution in [3.8, 4) is 5.75 Å². The Bertz CT molecular complexity index is 348. The minimum Gasteiger partial charge on any atom is -0.507 e. The van der Waals surface area contributed by atoms with Crippen LogP contribution in [0.5, 0.6) is 5.75 Å². The summed E-state index contributed by atoms with van der Waals surface area (Å²) in [5.74, 6) is -1.73. The highest BCUT2D eigenvalue weighted by molar-refractivity contribution is 5.92. The average molecular weight is 183 g/mol. The van der Waals surface area contributed by atoms with Gasteiger partial charge in [0.05, 0.1) is 6.61 Å². The maximum Gasteiger partial charge on any atom is 0.339 e. The summed E-state index contributed by atoms with van der Waals surface area (Å²) in [5.41, 5.74) is 5.34. The number of carbonyl (C=O) groups is 1. The van der Waals surface area contributed by atoms with E-state index in [-0.39, 0.29) is 16.8 Å². The number of benzene rings is 1. The number of aliphatic hydroxyl groups excluding tert-OH is 1. The number of aliphatic hydroxyl groups is 1. The summed E-state index contributed by atoms with van der Waals surface area (Å²) in [6.45, 7) is -0.487. The standard InChI is InChI=1S/C8H9NO4/c9-6-2-1-4(8(12)13)7(11)5(6)3-10/h1-2,10-11H,3,9H2,(H,12,13). The summed E-state index contributed by atoms with van der Waals surface area (Å²) >= 11 is 0. The first kappa shape index (κ1) is 9.34. The van der Waals surface area contributed by atoms with Crippen LogP contribution >= 0.6 is 0 Å². The number of carboxylic acids is 1. The van der Waals surface area contributed by atoms with E-state index in [4.69, 9.17) is 15.9 Å². The molecule has 70 valence electrons. The maximum atomic E-state index is 10.5. The van der Waals surface area contributed by atoms with Crippen LogP contribution in [0.1, 0.15) is 15.9 Å². The van der Waals surface area contributed by atoms with Crippen molar-refractivity contribution in [1.29, 1.82) is 0 Å². The van der Waals surface area contributed by atoms with E-state index >= 15 is 0 Å². The fraction of sp³-hybridized carbons (Fsp3) is 0.125. The van der Waals surface area contributed by atoms with Crippen molar-refractivity contribution in [2.75, 3.05) is 5.73 Å². The van der Waals surface area contributed by atoms with E-state index in [0.29, 0.717) is 0 Å². The van der Waals surface area contributed by atoms with Crippen LogP contribution in [0.2, 0.25) is 0 Å². The second-order valence-electron chi connectivity index (χ2n) is 2.49. The van der Waals surface area contributed by atoms with Crippen molar-refractivity contribution >= 4 is 11.7 Å². The molecule has 13 heavy (non-hydrogen) atoms. The topological polar surface area (TPSA) is 104 Å². The Balaban J connectivity index is 3.35. The minimum absolute atomic E-state index is 0.0416. The fourth-order valence-electron chi connectivity index (χ4n) is 0.991. The molecule has 0 fully saturated rings. The number of nitrogens with two attached hydrogens (primary N) is 1. The van der Waals surface area contributed by atoms with Crippen molar-refractivity contribution in [3.63, 3.8) is 0 Å². The van der Waals surface area contributed by atoms with E-state index < -0.39 is 18.3 Å². The van der Waals surface area contributed by atoms with Crippen molar-refractivity contribution in [1.82, 2.24) is 0 Å². The van der Waals surface area contributed by atoms with Crippen LogP contribution in [0.15, 0.2) is 12.1 Å². The molecular formula is C8H9NO4. The molecule has 0 radical (unpaired) electrons. The largest absolute Gasteiger partial charge is 0.507 e. The quantitative estimate of drug-likeness (QED) is 0.489. The first-order chi connectivity index (χ1) is 6.07. The van der Waals surface area contributed by atoms with Gasteiger partial charge in [0.15, 0.2) is 0 Å². The Morgan fingerprint density at radius 2 is 2.08 bits per heavy atom. The van der Waals surface area contributed by atoms with Crippen LogP contribution in [0.25, 0.3) is 0 Å². The lowest BCUT2D eigenvalue weighted by atomic mass is 10.1. The summed E-state index contributed by atoms with van der Waals surface area (Å²) in [7, 11) is 0. The van der Waals surface area contributed by atoms with Crippen LogP contribution in [-0.4, -0.2) is 21.3 Å². The summed E-state index contributed by atoms with van der Waals surface area (Å²) in [6.07, 6.45) is 0. The summed E-state index contributed by atoms with van der Waals surface area (Å²) in [4.78, 5) is 10.5. The lowest BCUT2D eigenvalue weighted by Gasteiger charge is -2.07. The predicted molar refractivity (Wildman–Crippen MR) is 45.4 cm³/mol. The summed E-state index contributed by atoms with van der Waals surface area (Å²) in [6, 6.07) is 2.51. The van der Waals surface area contributed by atoms with Gasteiger partial charge in [-0.2, -0.15) is 0 Å². The second-order valence-corrected chi connectivity index (χ2v) is 2.49. The molecule has 5 N–H and O–H groups in total. The molecule has 0 aliphatic heterocycles. The molecule has 5 heteroatoms. The molecule has 0 saturated heterocycles. The van der Waals surface area contributed by atoms with E-state index in [1.165, 1.54) is 12.1 Å². The smallest absolute Gasteiger partial charge is 0.339 e. The van der Waals surface area contributed by atoms with Gasteiger partial charge in [-0.25, -0.2) is 4.79 Å². The molecule has 1 rings (SSSR count).